The highest BCUT2D eigenvalue weighted by Gasteiger charge is 2.32. The lowest BCUT2D eigenvalue weighted by atomic mass is 10.0. The number of rotatable bonds is 5. The van der Waals surface area contributed by atoms with Crippen LogP contribution < -0.4 is 5.32 Å². The molecule has 1 aliphatic heterocycles. The first-order chi connectivity index (χ1) is 15.2. The van der Waals surface area contributed by atoms with Crippen LogP contribution in [0.25, 0.3) is 22.5 Å². The summed E-state index contributed by atoms with van der Waals surface area (Å²) in [6, 6.07) is 26.5. The predicted octanol–water partition coefficient (Wildman–Crippen LogP) is 5.29. The molecule has 152 valence electrons. The highest BCUT2D eigenvalue weighted by atomic mass is 32.2. The van der Waals surface area contributed by atoms with Crippen LogP contribution in [0.1, 0.15) is 16.4 Å². The minimum Gasteiger partial charge on any atom is -0.327 e. The molecular formula is C25H19N3O2S. The van der Waals surface area contributed by atoms with Gasteiger partial charge in [-0.2, -0.15) is 0 Å². The summed E-state index contributed by atoms with van der Waals surface area (Å²) in [5.74, 6) is 0.651. The zero-order valence-corrected chi connectivity index (χ0v) is 17.4. The van der Waals surface area contributed by atoms with Crippen LogP contribution in [0, 0.1) is 0 Å². The first kappa shape index (κ1) is 19.3. The van der Waals surface area contributed by atoms with Crippen LogP contribution in [-0.2, 0) is 11.3 Å². The third-order valence-electron chi connectivity index (χ3n) is 5.29. The molecule has 1 unspecified atom stereocenters. The summed E-state index contributed by atoms with van der Waals surface area (Å²) in [4.78, 5) is 27.8. The summed E-state index contributed by atoms with van der Waals surface area (Å²) in [6.07, 6.45) is 3.77. The molecule has 1 aliphatic rings. The minimum absolute atomic E-state index is 0.251. The summed E-state index contributed by atoms with van der Waals surface area (Å²) in [6.45, 7) is 0.666. The van der Waals surface area contributed by atoms with E-state index in [-0.39, 0.29) is 11.1 Å². The van der Waals surface area contributed by atoms with Gasteiger partial charge in [0.05, 0.1) is 0 Å². The van der Waals surface area contributed by atoms with Crippen LogP contribution >= 0.6 is 11.8 Å². The number of carbonyl (C=O) groups is 2. The molecule has 1 saturated heterocycles. The van der Waals surface area contributed by atoms with E-state index in [9.17, 15) is 9.59 Å². The smallest absolute Gasteiger partial charge is 0.286 e. The van der Waals surface area contributed by atoms with Crippen molar-refractivity contribution in [1.29, 1.82) is 0 Å². The number of nitrogens with one attached hydrogen (secondary N) is 1. The highest BCUT2D eigenvalue weighted by Crippen LogP contribution is 2.34. The molecular weight excluding hydrogens is 406 g/mol. The van der Waals surface area contributed by atoms with Gasteiger partial charge in [-0.25, -0.2) is 4.98 Å². The Morgan fingerprint density at radius 2 is 1.52 bits per heavy atom. The Morgan fingerprint density at radius 1 is 0.839 bits per heavy atom. The Balaban J connectivity index is 1.34. The Labute approximate surface area is 184 Å². The second-order valence-electron chi connectivity index (χ2n) is 7.34. The van der Waals surface area contributed by atoms with Gasteiger partial charge >= 0.3 is 0 Å². The quantitative estimate of drug-likeness (QED) is 0.472. The van der Waals surface area contributed by atoms with Gasteiger partial charge in [0.25, 0.3) is 5.24 Å². The molecule has 1 aromatic heterocycles. The molecule has 3 aromatic carbocycles. The molecule has 2 amide bonds. The van der Waals surface area contributed by atoms with Crippen molar-refractivity contribution in [3.8, 4) is 22.5 Å². The lowest BCUT2D eigenvalue weighted by Gasteiger charge is -2.11. The van der Waals surface area contributed by atoms with Crippen molar-refractivity contribution < 1.29 is 9.59 Å². The standard InChI is InChI=1S/C25H19N3O2S/c29-24-22(31-25(30)27-24)20-8-6-17(7-9-20)16-28-15-14-26-23(28)21-12-10-19(11-13-21)18-4-2-1-3-5-18/h1-15,22H,16H2,(H,27,29,30). The van der Waals surface area contributed by atoms with Crippen molar-refractivity contribution in [2.24, 2.45) is 0 Å². The zero-order valence-electron chi connectivity index (χ0n) is 16.6. The van der Waals surface area contributed by atoms with E-state index in [2.05, 4.69) is 51.3 Å². The monoisotopic (exact) mass is 425 g/mol. The lowest BCUT2D eigenvalue weighted by molar-refractivity contribution is -0.119. The number of hydrogen-bond donors (Lipinski definition) is 1. The van der Waals surface area contributed by atoms with Crippen LogP contribution in [0.15, 0.2) is 91.3 Å². The molecule has 0 bridgehead atoms. The van der Waals surface area contributed by atoms with Crippen molar-refractivity contribution in [1.82, 2.24) is 14.9 Å². The maximum absolute atomic E-state index is 11.9. The average Bonchev–Trinajstić information content (AvgIpc) is 3.40. The first-order valence-corrected chi connectivity index (χ1v) is 10.8. The Morgan fingerprint density at radius 3 is 2.19 bits per heavy atom. The average molecular weight is 426 g/mol. The molecule has 4 aromatic rings. The van der Waals surface area contributed by atoms with E-state index in [1.54, 1.807) is 6.20 Å². The van der Waals surface area contributed by atoms with Gasteiger partial charge in [0.2, 0.25) is 5.91 Å². The molecule has 1 atom stereocenters. The Kier molecular flexibility index (Phi) is 5.14. The number of imidazole rings is 1. The summed E-state index contributed by atoms with van der Waals surface area (Å²) >= 11 is 1.02. The number of hydrogen-bond acceptors (Lipinski definition) is 4. The SMILES string of the molecule is O=C1NC(=O)C(c2ccc(Cn3ccnc3-c3ccc(-c4ccccc4)cc3)cc2)S1. The van der Waals surface area contributed by atoms with Gasteiger partial charge in [0.15, 0.2) is 0 Å². The summed E-state index contributed by atoms with van der Waals surface area (Å²) in [5, 5.41) is 1.57. The lowest BCUT2D eigenvalue weighted by Crippen LogP contribution is -2.20. The summed E-state index contributed by atoms with van der Waals surface area (Å²) < 4.78 is 2.10. The molecule has 31 heavy (non-hydrogen) atoms. The number of amides is 2. The second kappa shape index (κ2) is 8.24. The van der Waals surface area contributed by atoms with Gasteiger partial charge in [0.1, 0.15) is 11.1 Å². The van der Waals surface area contributed by atoms with Gasteiger partial charge in [-0.15, -0.1) is 0 Å². The van der Waals surface area contributed by atoms with Crippen molar-refractivity contribution in [3.05, 3.63) is 102 Å². The fraction of sp³-hybridized carbons (Fsp3) is 0.0800. The number of aromatic nitrogens is 2. The molecule has 6 heteroatoms. The third kappa shape index (κ3) is 4.02. The molecule has 5 rings (SSSR count). The molecule has 0 aliphatic carbocycles. The summed E-state index contributed by atoms with van der Waals surface area (Å²) in [5.41, 5.74) is 5.34. The van der Waals surface area contributed by atoms with E-state index in [1.165, 1.54) is 11.1 Å². The highest BCUT2D eigenvalue weighted by molar-refractivity contribution is 8.15. The van der Waals surface area contributed by atoms with Crippen molar-refractivity contribution in [3.63, 3.8) is 0 Å². The largest absolute Gasteiger partial charge is 0.327 e. The fourth-order valence-corrected chi connectivity index (χ4v) is 4.54. The van der Waals surface area contributed by atoms with Crippen molar-refractivity contribution in [2.75, 3.05) is 0 Å². The van der Waals surface area contributed by atoms with Gasteiger partial charge in [-0.05, 0) is 34.0 Å². The van der Waals surface area contributed by atoms with Crippen LogP contribution in [0.4, 0.5) is 4.79 Å². The normalized spacial score (nSPS) is 15.8. The van der Waals surface area contributed by atoms with Crippen LogP contribution in [0.3, 0.4) is 0 Å². The van der Waals surface area contributed by atoms with Gasteiger partial charge in [-0.1, -0.05) is 78.9 Å². The number of carbonyl (C=O) groups excluding carboxylic acids is 2. The number of nitrogens with zero attached hydrogens (tertiary/aromatic N) is 2. The molecule has 2 heterocycles. The first-order valence-electron chi connectivity index (χ1n) is 9.95. The summed E-state index contributed by atoms with van der Waals surface area (Å²) in [7, 11) is 0. The second-order valence-corrected chi connectivity index (χ2v) is 8.42. The molecule has 0 spiro atoms. The van der Waals surface area contributed by atoms with E-state index in [4.69, 9.17) is 0 Å². The van der Waals surface area contributed by atoms with Crippen molar-refractivity contribution >= 4 is 22.9 Å². The molecule has 0 saturated carbocycles. The number of imide groups is 1. The molecule has 1 N–H and O–H groups in total. The maximum Gasteiger partial charge on any atom is 0.286 e. The fourth-order valence-electron chi connectivity index (χ4n) is 3.71. The topological polar surface area (TPSA) is 64.0 Å². The van der Waals surface area contributed by atoms with Gasteiger partial charge in [-0.3, -0.25) is 14.9 Å². The van der Waals surface area contributed by atoms with Crippen LogP contribution in [-0.4, -0.2) is 20.7 Å². The van der Waals surface area contributed by atoms with E-state index < -0.39 is 5.25 Å². The molecule has 5 nitrogen and oxygen atoms in total. The third-order valence-corrected chi connectivity index (χ3v) is 6.33. The minimum atomic E-state index is -0.464. The number of thioether (sulfide) groups is 1. The Bertz CT molecular complexity index is 1230. The molecule has 1 fully saturated rings. The Hall–Kier alpha value is -3.64. The maximum atomic E-state index is 11.9. The van der Waals surface area contributed by atoms with E-state index in [0.29, 0.717) is 6.54 Å². The van der Waals surface area contributed by atoms with E-state index in [1.807, 2.05) is 48.7 Å². The van der Waals surface area contributed by atoms with Gasteiger partial charge < -0.3 is 4.57 Å². The van der Waals surface area contributed by atoms with Gasteiger partial charge in [0, 0.05) is 24.5 Å². The molecule has 0 radical (unpaired) electrons. The van der Waals surface area contributed by atoms with E-state index >= 15 is 0 Å². The zero-order chi connectivity index (χ0) is 21.2. The van der Waals surface area contributed by atoms with Crippen molar-refractivity contribution in [2.45, 2.75) is 11.8 Å². The number of benzene rings is 3. The van der Waals surface area contributed by atoms with Crippen LogP contribution in [0.2, 0.25) is 0 Å². The predicted molar refractivity (Wildman–Crippen MR) is 123 cm³/mol. The van der Waals surface area contributed by atoms with Crippen LogP contribution in [0.5, 0.6) is 0 Å². The van der Waals surface area contributed by atoms with E-state index in [0.717, 1.165) is 34.3 Å².